The zero-order valence-corrected chi connectivity index (χ0v) is 14.7. The second-order valence-corrected chi connectivity index (χ2v) is 5.77. The number of carbonyl (C=O) groups excluding carboxylic acids is 1. The van der Waals surface area contributed by atoms with Crippen molar-refractivity contribution in [3.05, 3.63) is 74.8 Å². The summed E-state index contributed by atoms with van der Waals surface area (Å²) in [7, 11) is 0. The number of nitrogens with zero attached hydrogens (tertiary/aromatic N) is 1. The Kier molecular flexibility index (Phi) is 7.25. The van der Waals surface area contributed by atoms with Gasteiger partial charge in [0, 0.05) is 18.7 Å². The maximum atomic E-state index is 12.1. The van der Waals surface area contributed by atoms with Gasteiger partial charge < -0.3 is 10.1 Å². The van der Waals surface area contributed by atoms with E-state index in [4.69, 9.17) is 11.6 Å². The summed E-state index contributed by atoms with van der Waals surface area (Å²) in [4.78, 5) is 22.0. The lowest BCUT2D eigenvalue weighted by Gasteiger charge is -2.06. The van der Waals surface area contributed by atoms with Crippen LogP contribution < -0.4 is 10.1 Å². The van der Waals surface area contributed by atoms with Gasteiger partial charge in [0.05, 0.1) is 4.92 Å². The standard InChI is InChI=1S/C18H15ClF2N2O4/c19-15-7-3-13(11-16(15)23(25)26)4-8-17(24)22-10-9-12-1-5-14(6-2-12)27-18(20)21/h1-8,11,18H,9-10H2,(H,22,24)/b8-4+. The van der Waals surface area contributed by atoms with E-state index in [0.29, 0.717) is 18.5 Å². The van der Waals surface area contributed by atoms with Crippen molar-refractivity contribution in [1.82, 2.24) is 5.32 Å². The van der Waals surface area contributed by atoms with Gasteiger partial charge in [-0.3, -0.25) is 14.9 Å². The molecule has 0 atom stereocenters. The fourth-order valence-corrected chi connectivity index (χ4v) is 2.36. The summed E-state index contributed by atoms with van der Waals surface area (Å²) >= 11 is 5.73. The summed E-state index contributed by atoms with van der Waals surface area (Å²) in [5.74, 6) is -0.303. The molecule has 9 heteroatoms. The predicted octanol–water partition coefficient (Wildman–Crippen LogP) is 4.22. The van der Waals surface area contributed by atoms with Gasteiger partial charge in [0.2, 0.25) is 5.91 Å². The van der Waals surface area contributed by atoms with Gasteiger partial charge in [-0.1, -0.05) is 29.8 Å². The number of nitro groups is 1. The van der Waals surface area contributed by atoms with Crippen molar-refractivity contribution in [3.63, 3.8) is 0 Å². The smallest absolute Gasteiger partial charge is 0.387 e. The van der Waals surface area contributed by atoms with Gasteiger partial charge in [0.15, 0.2) is 0 Å². The number of halogens is 3. The van der Waals surface area contributed by atoms with E-state index in [0.717, 1.165) is 5.56 Å². The molecule has 0 radical (unpaired) electrons. The number of alkyl halides is 2. The molecule has 0 saturated heterocycles. The number of ether oxygens (including phenoxy) is 1. The van der Waals surface area contributed by atoms with E-state index in [1.54, 1.807) is 18.2 Å². The molecule has 0 aliphatic heterocycles. The van der Waals surface area contributed by atoms with Gasteiger partial charge in [-0.2, -0.15) is 8.78 Å². The first-order valence-corrected chi connectivity index (χ1v) is 8.16. The van der Waals surface area contributed by atoms with Crippen molar-refractivity contribution in [2.45, 2.75) is 13.0 Å². The van der Waals surface area contributed by atoms with E-state index in [2.05, 4.69) is 10.1 Å². The highest BCUT2D eigenvalue weighted by atomic mass is 35.5. The minimum Gasteiger partial charge on any atom is -0.435 e. The van der Waals surface area contributed by atoms with Crippen LogP contribution >= 0.6 is 11.6 Å². The van der Waals surface area contributed by atoms with E-state index >= 15 is 0 Å². The molecule has 0 saturated carbocycles. The topological polar surface area (TPSA) is 81.5 Å². The number of rotatable bonds is 8. The normalized spacial score (nSPS) is 11.0. The number of amides is 1. The summed E-state index contributed by atoms with van der Waals surface area (Å²) in [6.07, 6.45) is 3.20. The molecular weight excluding hydrogens is 382 g/mol. The van der Waals surface area contributed by atoms with Crippen LogP contribution in [0.3, 0.4) is 0 Å². The lowest BCUT2D eigenvalue weighted by atomic mass is 10.1. The monoisotopic (exact) mass is 396 g/mol. The van der Waals surface area contributed by atoms with Crippen LogP contribution in [0.1, 0.15) is 11.1 Å². The van der Waals surface area contributed by atoms with Gasteiger partial charge in [0.1, 0.15) is 10.8 Å². The molecule has 2 aromatic rings. The van der Waals surface area contributed by atoms with E-state index < -0.39 is 11.5 Å². The van der Waals surface area contributed by atoms with Crippen LogP contribution in [0, 0.1) is 10.1 Å². The summed E-state index contributed by atoms with van der Waals surface area (Å²) < 4.78 is 28.4. The highest BCUT2D eigenvalue weighted by Gasteiger charge is 2.11. The third-order valence-corrected chi connectivity index (χ3v) is 3.78. The van der Waals surface area contributed by atoms with Crippen LogP contribution in [-0.4, -0.2) is 24.0 Å². The molecule has 2 rings (SSSR count). The van der Waals surface area contributed by atoms with Gasteiger partial charge >= 0.3 is 6.61 Å². The second-order valence-electron chi connectivity index (χ2n) is 5.36. The fourth-order valence-electron chi connectivity index (χ4n) is 2.17. The molecule has 0 aromatic heterocycles. The summed E-state index contributed by atoms with van der Waals surface area (Å²) in [6, 6.07) is 10.3. The Balaban J connectivity index is 1.83. The van der Waals surface area contributed by atoms with Gasteiger partial charge in [-0.15, -0.1) is 0 Å². The lowest BCUT2D eigenvalue weighted by Crippen LogP contribution is -2.23. The van der Waals surface area contributed by atoms with Crippen molar-refractivity contribution in [3.8, 4) is 5.75 Å². The number of nitro benzene ring substituents is 1. The number of nitrogens with one attached hydrogen (secondary N) is 1. The Morgan fingerprint density at radius 1 is 1.26 bits per heavy atom. The Morgan fingerprint density at radius 3 is 2.59 bits per heavy atom. The molecule has 0 aliphatic carbocycles. The van der Waals surface area contributed by atoms with Crippen molar-refractivity contribution >= 4 is 29.3 Å². The number of hydrogen-bond acceptors (Lipinski definition) is 4. The largest absolute Gasteiger partial charge is 0.435 e. The van der Waals surface area contributed by atoms with Crippen LogP contribution in [0.15, 0.2) is 48.5 Å². The third-order valence-electron chi connectivity index (χ3n) is 3.46. The molecule has 0 aliphatic rings. The van der Waals surface area contributed by atoms with E-state index in [1.807, 2.05) is 0 Å². The first-order valence-electron chi connectivity index (χ1n) is 7.79. The van der Waals surface area contributed by atoms with E-state index in [1.165, 1.54) is 36.4 Å². The highest BCUT2D eigenvalue weighted by molar-refractivity contribution is 6.32. The second kappa shape index (κ2) is 9.63. The maximum Gasteiger partial charge on any atom is 0.387 e. The Morgan fingerprint density at radius 2 is 1.96 bits per heavy atom. The summed E-state index contributed by atoms with van der Waals surface area (Å²) in [6.45, 7) is -2.54. The molecule has 142 valence electrons. The van der Waals surface area contributed by atoms with Crippen molar-refractivity contribution in [1.29, 1.82) is 0 Å². The van der Waals surface area contributed by atoms with Crippen LogP contribution in [0.4, 0.5) is 14.5 Å². The number of benzene rings is 2. The third kappa shape index (κ3) is 6.67. The zero-order chi connectivity index (χ0) is 19.8. The van der Waals surface area contributed by atoms with Gasteiger partial charge in [0.25, 0.3) is 5.69 Å². The summed E-state index contributed by atoms with van der Waals surface area (Å²) in [5, 5.41) is 13.5. The minimum atomic E-state index is -2.87. The highest BCUT2D eigenvalue weighted by Crippen LogP contribution is 2.25. The minimum absolute atomic E-state index is 0.0200. The zero-order valence-electron chi connectivity index (χ0n) is 13.9. The molecule has 2 aromatic carbocycles. The van der Waals surface area contributed by atoms with Gasteiger partial charge in [-0.25, -0.2) is 0 Å². The Labute approximate surface area is 158 Å². The first-order chi connectivity index (χ1) is 12.8. The van der Waals surface area contributed by atoms with Crippen LogP contribution in [0.2, 0.25) is 5.02 Å². The molecule has 27 heavy (non-hydrogen) atoms. The quantitative estimate of drug-likeness (QED) is 0.411. The average Bonchev–Trinajstić information content (AvgIpc) is 2.62. The molecule has 6 nitrogen and oxygen atoms in total. The van der Waals surface area contributed by atoms with Crippen molar-refractivity contribution < 1.29 is 23.2 Å². The number of hydrogen-bond donors (Lipinski definition) is 1. The molecular formula is C18H15ClF2N2O4. The van der Waals surface area contributed by atoms with Crippen molar-refractivity contribution in [2.75, 3.05) is 6.54 Å². The van der Waals surface area contributed by atoms with Crippen LogP contribution in [0.5, 0.6) is 5.75 Å². The summed E-state index contributed by atoms with van der Waals surface area (Å²) in [5.41, 5.74) is 1.07. The maximum absolute atomic E-state index is 12.1. The predicted molar refractivity (Wildman–Crippen MR) is 96.9 cm³/mol. The van der Waals surface area contributed by atoms with Crippen molar-refractivity contribution in [2.24, 2.45) is 0 Å². The van der Waals surface area contributed by atoms with Gasteiger partial charge in [-0.05, 0) is 41.8 Å². The number of carbonyl (C=O) groups is 1. The lowest BCUT2D eigenvalue weighted by molar-refractivity contribution is -0.384. The van der Waals surface area contributed by atoms with Crippen LogP contribution in [-0.2, 0) is 11.2 Å². The van der Waals surface area contributed by atoms with E-state index in [-0.39, 0.29) is 22.4 Å². The SMILES string of the molecule is O=C(/C=C/c1ccc(Cl)c([N+](=O)[O-])c1)NCCc1ccc(OC(F)F)cc1. The molecule has 1 amide bonds. The molecule has 0 spiro atoms. The molecule has 0 heterocycles. The average molecular weight is 397 g/mol. The fraction of sp³-hybridized carbons (Fsp3) is 0.167. The molecule has 0 bridgehead atoms. The first kappa shape index (κ1) is 20.3. The van der Waals surface area contributed by atoms with Crippen LogP contribution in [0.25, 0.3) is 6.08 Å². The Bertz CT molecular complexity index is 842. The molecule has 1 N–H and O–H groups in total. The Hall–Kier alpha value is -3.00. The molecule has 0 fully saturated rings. The molecule has 0 unspecified atom stereocenters. The van der Waals surface area contributed by atoms with E-state index in [9.17, 15) is 23.7 Å².